The maximum Gasteiger partial charge on any atom is 0.250 e. The number of furan rings is 1. The second-order valence-electron chi connectivity index (χ2n) is 7.08. The quantitative estimate of drug-likeness (QED) is 0.220. The van der Waals surface area contributed by atoms with Crippen LogP contribution in [0.5, 0.6) is 11.5 Å². The number of aromatic nitrogens is 3. The summed E-state index contributed by atoms with van der Waals surface area (Å²) >= 11 is 1.26. The predicted octanol–water partition coefficient (Wildman–Crippen LogP) is 4.10. The SMILES string of the molecule is COc1ccc(-c2nnc(SCC(=O)N/N=C\c3ccc(C)o3)n2-c2ccccc2)cc1OC. The Morgan fingerprint density at radius 2 is 1.88 bits per heavy atom. The zero-order valence-electron chi connectivity index (χ0n) is 18.9. The first kappa shape index (κ1) is 23.1. The smallest absolute Gasteiger partial charge is 0.250 e. The number of amides is 1. The third kappa shape index (κ3) is 5.29. The van der Waals surface area contributed by atoms with Crippen LogP contribution in [0.3, 0.4) is 0 Å². The number of hydrazone groups is 1. The normalized spacial score (nSPS) is 11.0. The van der Waals surface area contributed by atoms with Gasteiger partial charge in [0.25, 0.3) is 5.91 Å². The zero-order valence-corrected chi connectivity index (χ0v) is 19.7. The van der Waals surface area contributed by atoms with Gasteiger partial charge in [-0.3, -0.25) is 9.36 Å². The van der Waals surface area contributed by atoms with Gasteiger partial charge in [0.1, 0.15) is 11.5 Å². The summed E-state index contributed by atoms with van der Waals surface area (Å²) in [4.78, 5) is 12.3. The lowest BCUT2D eigenvalue weighted by Crippen LogP contribution is -2.19. The number of carbonyl (C=O) groups excluding carboxylic acids is 1. The van der Waals surface area contributed by atoms with Crippen LogP contribution in [0, 0.1) is 6.92 Å². The number of carbonyl (C=O) groups is 1. The van der Waals surface area contributed by atoms with Gasteiger partial charge < -0.3 is 13.9 Å². The summed E-state index contributed by atoms with van der Waals surface area (Å²) < 4.78 is 18.1. The Hall–Kier alpha value is -4.05. The van der Waals surface area contributed by atoms with Crippen LogP contribution in [0.15, 0.2) is 75.3 Å². The maximum absolute atomic E-state index is 12.3. The fraction of sp³-hybridized carbons (Fsp3) is 0.167. The highest BCUT2D eigenvalue weighted by molar-refractivity contribution is 7.99. The Balaban J connectivity index is 1.55. The van der Waals surface area contributed by atoms with Crippen molar-refractivity contribution in [3.63, 3.8) is 0 Å². The molecule has 9 nitrogen and oxygen atoms in total. The van der Waals surface area contributed by atoms with Crippen molar-refractivity contribution >= 4 is 23.9 Å². The third-order valence-corrected chi connectivity index (χ3v) is 5.69. The number of nitrogens with zero attached hydrogens (tertiary/aromatic N) is 4. The minimum atomic E-state index is -0.278. The van der Waals surface area contributed by atoms with Crippen LogP contribution in [-0.2, 0) is 4.79 Å². The minimum absolute atomic E-state index is 0.103. The van der Waals surface area contributed by atoms with Gasteiger partial charge >= 0.3 is 0 Å². The molecule has 0 aliphatic heterocycles. The van der Waals surface area contributed by atoms with Crippen LogP contribution in [0.2, 0.25) is 0 Å². The molecule has 4 aromatic rings. The molecular weight excluding hydrogens is 454 g/mol. The molecule has 0 aliphatic carbocycles. The van der Waals surface area contributed by atoms with Crippen molar-refractivity contribution < 1.29 is 18.7 Å². The van der Waals surface area contributed by atoms with Gasteiger partial charge in [-0.2, -0.15) is 5.10 Å². The van der Waals surface area contributed by atoms with Crippen LogP contribution in [0.1, 0.15) is 11.5 Å². The fourth-order valence-corrected chi connectivity index (χ4v) is 3.93. The van der Waals surface area contributed by atoms with Crippen molar-refractivity contribution in [2.45, 2.75) is 12.1 Å². The van der Waals surface area contributed by atoms with Gasteiger partial charge in [0.2, 0.25) is 0 Å². The third-order valence-electron chi connectivity index (χ3n) is 4.76. The second kappa shape index (κ2) is 10.7. The first-order valence-electron chi connectivity index (χ1n) is 10.3. The second-order valence-corrected chi connectivity index (χ2v) is 8.02. The number of ether oxygens (including phenoxy) is 2. The molecule has 0 atom stereocenters. The van der Waals surface area contributed by atoms with Crippen molar-refractivity contribution in [3.05, 3.63) is 72.2 Å². The van der Waals surface area contributed by atoms with E-state index in [0.29, 0.717) is 28.2 Å². The first-order chi connectivity index (χ1) is 16.6. The van der Waals surface area contributed by atoms with Gasteiger partial charge in [-0.15, -0.1) is 10.2 Å². The number of hydrogen-bond acceptors (Lipinski definition) is 8. The van der Waals surface area contributed by atoms with Crippen molar-refractivity contribution in [2.24, 2.45) is 5.10 Å². The first-order valence-corrected chi connectivity index (χ1v) is 11.3. The lowest BCUT2D eigenvalue weighted by Gasteiger charge is -2.12. The fourth-order valence-electron chi connectivity index (χ4n) is 3.19. The Labute approximate surface area is 200 Å². The summed E-state index contributed by atoms with van der Waals surface area (Å²) in [5.74, 6) is 2.98. The number of hydrogen-bond donors (Lipinski definition) is 1. The van der Waals surface area contributed by atoms with E-state index in [2.05, 4.69) is 20.7 Å². The van der Waals surface area contributed by atoms with Crippen LogP contribution < -0.4 is 14.9 Å². The van der Waals surface area contributed by atoms with Gasteiger partial charge in [-0.25, -0.2) is 5.43 Å². The molecule has 174 valence electrons. The summed E-state index contributed by atoms with van der Waals surface area (Å²) in [7, 11) is 3.17. The highest BCUT2D eigenvalue weighted by Gasteiger charge is 2.18. The van der Waals surface area contributed by atoms with E-state index in [1.807, 2.05) is 66.1 Å². The average Bonchev–Trinajstić information content (AvgIpc) is 3.48. The molecule has 0 saturated carbocycles. The monoisotopic (exact) mass is 477 g/mol. The molecule has 0 bridgehead atoms. The van der Waals surface area contributed by atoms with Crippen molar-refractivity contribution in [1.82, 2.24) is 20.2 Å². The largest absolute Gasteiger partial charge is 0.493 e. The summed E-state index contributed by atoms with van der Waals surface area (Å²) in [6.07, 6.45) is 1.46. The van der Waals surface area contributed by atoms with E-state index in [0.717, 1.165) is 17.0 Å². The predicted molar refractivity (Wildman–Crippen MR) is 130 cm³/mol. The molecule has 1 amide bonds. The molecule has 2 aromatic heterocycles. The lowest BCUT2D eigenvalue weighted by molar-refractivity contribution is -0.118. The molecule has 2 heterocycles. The standard InChI is InChI=1S/C24H23N5O4S/c1-16-9-11-19(33-16)14-25-26-22(30)15-34-24-28-27-23(29(24)18-7-5-4-6-8-18)17-10-12-20(31-2)21(13-17)32-3/h4-14H,15H2,1-3H3,(H,26,30)/b25-14-. The Kier molecular flexibility index (Phi) is 7.28. The molecule has 10 heteroatoms. The van der Waals surface area contributed by atoms with E-state index in [1.165, 1.54) is 18.0 Å². The summed E-state index contributed by atoms with van der Waals surface area (Å²) in [6, 6.07) is 18.8. The molecule has 0 spiro atoms. The minimum Gasteiger partial charge on any atom is -0.493 e. The zero-order chi connectivity index (χ0) is 23.9. The molecular formula is C24H23N5O4S. The van der Waals surface area contributed by atoms with Gasteiger partial charge in [0, 0.05) is 11.3 Å². The van der Waals surface area contributed by atoms with E-state index in [1.54, 1.807) is 20.3 Å². The number of aryl methyl sites for hydroxylation is 1. The molecule has 0 aliphatic rings. The van der Waals surface area contributed by atoms with Gasteiger partial charge in [-0.1, -0.05) is 30.0 Å². The number of methoxy groups -OCH3 is 2. The molecule has 0 unspecified atom stereocenters. The van der Waals surface area contributed by atoms with Crippen LogP contribution in [0.4, 0.5) is 0 Å². The summed E-state index contributed by atoms with van der Waals surface area (Å²) in [5.41, 5.74) is 4.16. The van der Waals surface area contributed by atoms with Gasteiger partial charge in [-0.05, 0) is 49.4 Å². The number of thioether (sulfide) groups is 1. The highest BCUT2D eigenvalue weighted by atomic mass is 32.2. The molecule has 2 aromatic carbocycles. The molecule has 4 rings (SSSR count). The molecule has 0 radical (unpaired) electrons. The number of nitrogens with one attached hydrogen (secondary N) is 1. The van der Waals surface area contributed by atoms with E-state index in [9.17, 15) is 4.79 Å². The number of rotatable bonds is 9. The average molecular weight is 478 g/mol. The van der Waals surface area contributed by atoms with E-state index < -0.39 is 0 Å². The van der Waals surface area contributed by atoms with E-state index in [4.69, 9.17) is 13.9 Å². The lowest BCUT2D eigenvalue weighted by atomic mass is 10.2. The number of para-hydroxylation sites is 1. The van der Waals surface area contributed by atoms with Crippen LogP contribution in [-0.4, -0.2) is 46.9 Å². The Bertz CT molecular complexity index is 1300. The van der Waals surface area contributed by atoms with Crippen LogP contribution in [0.25, 0.3) is 17.1 Å². The molecule has 1 N–H and O–H groups in total. The van der Waals surface area contributed by atoms with Crippen molar-refractivity contribution in [1.29, 1.82) is 0 Å². The van der Waals surface area contributed by atoms with Crippen molar-refractivity contribution in [3.8, 4) is 28.6 Å². The Morgan fingerprint density at radius 3 is 2.59 bits per heavy atom. The Morgan fingerprint density at radius 1 is 1.09 bits per heavy atom. The van der Waals surface area contributed by atoms with E-state index >= 15 is 0 Å². The molecule has 0 fully saturated rings. The number of benzene rings is 2. The summed E-state index contributed by atoms with van der Waals surface area (Å²) in [5, 5.41) is 13.2. The van der Waals surface area contributed by atoms with Crippen molar-refractivity contribution in [2.75, 3.05) is 20.0 Å². The van der Waals surface area contributed by atoms with E-state index in [-0.39, 0.29) is 11.7 Å². The van der Waals surface area contributed by atoms with Gasteiger partial charge in [0.15, 0.2) is 22.5 Å². The topological polar surface area (TPSA) is 104 Å². The molecule has 34 heavy (non-hydrogen) atoms. The van der Waals surface area contributed by atoms with Gasteiger partial charge in [0.05, 0.1) is 26.2 Å². The molecule has 0 saturated heterocycles. The summed E-state index contributed by atoms with van der Waals surface area (Å²) in [6.45, 7) is 1.84. The highest BCUT2D eigenvalue weighted by Crippen LogP contribution is 2.34. The maximum atomic E-state index is 12.3. The van der Waals surface area contributed by atoms with Crippen LogP contribution >= 0.6 is 11.8 Å².